The Kier molecular flexibility index (Phi) is 6.95. The Bertz CT molecular complexity index is 1110. The highest BCUT2D eigenvalue weighted by Crippen LogP contribution is 2.44. The monoisotopic (exact) mass is 476 g/mol. The molecule has 3 rings (SSSR count). The van der Waals surface area contributed by atoms with E-state index in [1.165, 1.54) is 12.4 Å². The van der Waals surface area contributed by atoms with Crippen LogP contribution in [0.2, 0.25) is 21.8 Å². The molecule has 0 spiro atoms. The number of halogens is 2. The van der Waals surface area contributed by atoms with Crippen LogP contribution in [0.1, 0.15) is 47.1 Å². The largest absolute Gasteiger partial charge is 0.465 e. The molecule has 1 N–H and O–H groups in total. The molecule has 9 heteroatoms. The van der Waals surface area contributed by atoms with Crippen LogP contribution in [0.3, 0.4) is 0 Å². The number of nitrogens with zero attached hydrogens (tertiary/aromatic N) is 4. The summed E-state index contributed by atoms with van der Waals surface area (Å²) < 4.78 is 17.7. The molecule has 0 atom stereocenters. The summed E-state index contributed by atoms with van der Waals surface area (Å²) in [5.74, 6) is -0.344. The van der Waals surface area contributed by atoms with E-state index in [9.17, 15) is 9.90 Å². The molecule has 2 aromatic heterocycles. The van der Waals surface area contributed by atoms with E-state index in [4.69, 9.17) is 11.6 Å². The van der Waals surface area contributed by atoms with E-state index in [0.29, 0.717) is 16.6 Å². The minimum Gasteiger partial charge on any atom is -0.465 e. The Morgan fingerprint density at radius 2 is 1.75 bits per heavy atom. The first-order valence-electron chi connectivity index (χ1n) is 10.8. The molecule has 2 heterocycles. The van der Waals surface area contributed by atoms with E-state index in [-0.39, 0.29) is 23.1 Å². The quantitative estimate of drug-likeness (QED) is 0.296. The fraction of sp³-hybridized carbons (Fsp3) is 0.435. The molecule has 0 radical (unpaired) electrons. The number of carbonyl (C=O) groups is 1. The zero-order valence-corrected chi connectivity index (χ0v) is 21.1. The third kappa shape index (κ3) is 4.13. The first kappa shape index (κ1) is 24.2. The number of aromatic nitrogens is 3. The summed E-state index contributed by atoms with van der Waals surface area (Å²) in [5.41, 5.74) is 2.53. The van der Waals surface area contributed by atoms with Gasteiger partial charge in [-0.2, -0.15) is 0 Å². The third-order valence-corrected chi connectivity index (χ3v) is 13.5. The van der Waals surface area contributed by atoms with Crippen molar-refractivity contribution in [3.05, 3.63) is 53.3 Å². The average Bonchev–Trinajstić information content (AvgIpc) is 3.08. The lowest BCUT2D eigenvalue weighted by Gasteiger charge is -2.44. The third-order valence-electron chi connectivity index (χ3n) is 6.51. The van der Waals surface area contributed by atoms with Crippen LogP contribution in [-0.2, 0) is 6.54 Å². The molecule has 32 heavy (non-hydrogen) atoms. The van der Waals surface area contributed by atoms with Crippen molar-refractivity contribution in [2.75, 3.05) is 4.90 Å². The SMILES string of the molecule is CC(C)[Si](C(C)C)(C(C)C)n1ccc2cc(CN(C(=O)O)c3cc(Cl)ncn3)c(F)cc21. The highest BCUT2D eigenvalue weighted by Gasteiger charge is 2.45. The second-order valence-electron chi connectivity index (χ2n) is 9.11. The zero-order valence-electron chi connectivity index (χ0n) is 19.3. The number of amides is 1. The number of fused-ring (bicyclic) bond motifs is 1. The molecule has 172 valence electrons. The number of rotatable bonds is 7. The van der Waals surface area contributed by atoms with Gasteiger partial charge in [0.15, 0.2) is 8.24 Å². The Morgan fingerprint density at radius 3 is 2.28 bits per heavy atom. The van der Waals surface area contributed by atoms with Gasteiger partial charge in [0.2, 0.25) is 0 Å². The smallest absolute Gasteiger partial charge is 0.413 e. The minimum absolute atomic E-state index is 0.0976. The van der Waals surface area contributed by atoms with Gasteiger partial charge in [-0.15, -0.1) is 0 Å². The summed E-state index contributed by atoms with van der Waals surface area (Å²) >= 11 is 5.88. The maximum Gasteiger partial charge on any atom is 0.413 e. The topological polar surface area (TPSA) is 71.2 Å². The summed E-state index contributed by atoms with van der Waals surface area (Å²) in [4.78, 5) is 20.6. The van der Waals surface area contributed by atoms with Crippen LogP contribution in [0.4, 0.5) is 15.0 Å². The molecule has 1 amide bonds. The van der Waals surface area contributed by atoms with Gasteiger partial charge < -0.3 is 9.34 Å². The van der Waals surface area contributed by atoms with Crippen molar-refractivity contribution in [1.29, 1.82) is 0 Å². The minimum atomic E-state index is -2.05. The Balaban J connectivity index is 2.10. The maximum absolute atomic E-state index is 15.3. The molecule has 1 aromatic carbocycles. The van der Waals surface area contributed by atoms with Crippen LogP contribution >= 0.6 is 11.6 Å². The van der Waals surface area contributed by atoms with Gasteiger partial charge in [0, 0.05) is 17.1 Å². The summed E-state index contributed by atoms with van der Waals surface area (Å²) in [6.45, 7) is 13.4. The molecule has 0 fully saturated rings. The van der Waals surface area contributed by atoms with Crippen LogP contribution in [0.25, 0.3) is 10.9 Å². The second kappa shape index (κ2) is 9.19. The number of benzene rings is 1. The molecule has 0 saturated carbocycles. The van der Waals surface area contributed by atoms with E-state index in [0.717, 1.165) is 15.8 Å². The fourth-order valence-electron chi connectivity index (χ4n) is 5.39. The van der Waals surface area contributed by atoms with Crippen LogP contribution in [0.5, 0.6) is 0 Å². The zero-order chi connectivity index (χ0) is 23.8. The fourth-order valence-corrected chi connectivity index (χ4v) is 12.1. The first-order valence-corrected chi connectivity index (χ1v) is 13.3. The van der Waals surface area contributed by atoms with Crippen molar-refractivity contribution in [3.63, 3.8) is 0 Å². The van der Waals surface area contributed by atoms with E-state index >= 15 is 4.39 Å². The predicted octanol–water partition coefficient (Wildman–Crippen LogP) is 6.93. The van der Waals surface area contributed by atoms with Crippen molar-refractivity contribution >= 4 is 42.7 Å². The van der Waals surface area contributed by atoms with Crippen molar-refractivity contribution in [2.45, 2.75) is 64.7 Å². The van der Waals surface area contributed by atoms with Gasteiger partial charge >= 0.3 is 6.09 Å². The van der Waals surface area contributed by atoms with Crippen LogP contribution in [-0.4, -0.2) is 33.6 Å². The molecular weight excluding hydrogens is 447 g/mol. The predicted molar refractivity (Wildman–Crippen MR) is 130 cm³/mol. The lowest BCUT2D eigenvalue weighted by molar-refractivity contribution is 0.201. The Labute approximate surface area is 194 Å². The first-order chi connectivity index (χ1) is 15.0. The molecule has 0 saturated heterocycles. The van der Waals surface area contributed by atoms with Crippen LogP contribution in [0.15, 0.2) is 36.8 Å². The summed E-state index contributed by atoms with van der Waals surface area (Å²) in [5, 5.41) is 10.7. The molecule has 0 aliphatic carbocycles. The lowest BCUT2D eigenvalue weighted by Crippen LogP contribution is -2.51. The van der Waals surface area contributed by atoms with Crippen molar-refractivity contribution in [1.82, 2.24) is 14.2 Å². The molecule has 3 aromatic rings. The van der Waals surface area contributed by atoms with Gasteiger partial charge in [-0.05, 0) is 46.4 Å². The molecule has 0 aliphatic heterocycles. The van der Waals surface area contributed by atoms with Crippen molar-refractivity contribution < 1.29 is 14.3 Å². The van der Waals surface area contributed by atoms with Crippen LogP contribution in [0, 0.1) is 5.82 Å². The van der Waals surface area contributed by atoms with E-state index in [1.807, 2.05) is 6.07 Å². The van der Waals surface area contributed by atoms with Gasteiger partial charge in [-0.1, -0.05) is 53.1 Å². The summed E-state index contributed by atoms with van der Waals surface area (Å²) in [7, 11) is -2.05. The summed E-state index contributed by atoms with van der Waals surface area (Å²) in [6.07, 6.45) is 2.02. The Morgan fingerprint density at radius 1 is 1.12 bits per heavy atom. The summed E-state index contributed by atoms with van der Waals surface area (Å²) in [6, 6.07) is 6.63. The van der Waals surface area contributed by atoms with E-state index in [1.54, 1.807) is 12.1 Å². The van der Waals surface area contributed by atoms with E-state index < -0.39 is 20.1 Å². The number of carboxylic acid groups (broad SMARTS) is 1. The van der Waals surface area contributed by atoms with Crippen LogP contribution < -0.4 is 4.90 Å². The second-order valence-corrected chi connectivity index (χ2v) is 15.2. The Hall–Kier alpha value is -2.45. The van der Waals surface area contributed by atoms with Gasteiger partial charge in [0.1, 0.15) is 23.1 Å². The maximum atomic E-state index is 15.3. The highest BCUT2D eigenvalue weighted by atomic mass is 35.5. The van der Waals surface area contributed by atoms with Gasteiger partial charge in [0.25, 0.3) is 0 Å². The molecule has 0 bridgehead atoms. The van der Waals surface area contributed by atoms with E-state index in [2.05, 4.69) is 61.9 Å². The molecular formula is C23H30ClFN4O2Si. The van der Waals surface area contributed by atoms with Crippen molar-refractivity contribution in [3.8, 4) is 0 Å². The molecule has 0 unspecified atom stereocenters. The van der Waals surface area contributed by atoms with Crippen molar-refractivity contribution in [2.24, 2.45) is 0 Å². The average molecular weight is 477 g/mol. The normalized spacial score (nSPS) is 12.3. The van der Waals surface area contributed by atoms with Gasteiger partial charge in [0.05, 0.1) is 6.54 Å². The number of hydrogen-bond donors (Lipinski definition) is 1. The van der Waals surface area contributed by atoms with Gasteiger partial charge in [-0.25, -0.2) is 19.2 Å². The molecule has 6 nitrogen and oxygen atoms in total. The number of anilines is 1. The highest BCUT2D eigenvalue weighted by molar-refractivity contribution is 6.82. The number of hydrogen-bond acceptors (Lipinski definition) is 3. The standard InChI is InChI=1S/C23H30ClFN4O2Si/c1-14(2)32(15(3)4,16(5)6)29-8-7-17-9-18(19(25)10-20(17)29)12-28(23(30)31)22-11-21(24)26-13-27-22/h7-11,13-16H,12H2,1-6H3,(H,30,31). The molecule has 0 aliphatic rings. The lowest BCUT2D eigenvalue weighted by atomic mass is 10.1. The van der Waals surface area contributed by atoms with Gasteiger partial charge in [-0.3, -0.25) is 4.90 Å².